The molecule has 2 heterocycles. The van der Waals surface area contributed by atoms with Gasteiger partial charge in [-0.2, -0.15) is 14.4 Å². The summed E-state index contributed by atoms with van der Waals surface area (Å²) in [5.74, 6) is -2.13. The van der Waals surface area contributed by atoms with Crippen molar-refractivity contribution in [2.45, 2.75) is 26.4 Å². The molecule has 0 unspecified atom stereocenters. The monoisotopic (exact) mass is 491 g/mol. The normalized spacial score (nSPS) is 11.2. The van der Waals surface area contributed by atoms with Gasteiger partial charge in [0.15, 0.2) is 0 Å². The van der Waals surface area contributed by atoms with Crippen molar-refractivity contribution in [3.63, 3.8) is 0 Å². The standard InChI is InChI=1S/C19H23Cl2N3O8/c1-19(2,3)32-18(27)22(16(25)12-6-8-14(20)23(12)30-10-28-4)17(26)13-7-9-15(21)24(13)31-11-29-5/h6-9H,10-11H2,1-5H3. The van der Waals surface area contributed by atoms with E-state index in [-0.39, 0.29) is 35.3 Å². The number of ether oxygens (including phenoxy) is 3. The lowest BCUT2D eigenvalue weighted by molar-refractivity contribution is -0.0407. The number of nitrogens with zero attached hydrogens (tertiary/aromatic N) is 3. The van der Waals surface area contributed by atoms with E-state index in [1.165, 1.54) is 38.5 Å². The van der Waals surface area contributed by atoms with Gasteiger partial charge in [-0.1, -0.05) is 23.2 Å². The number of imide groups is 3. The van der Waals surface area contributed by atoms with Gasteiger partial charge in [-0.3, -0.25) is 9.59 Å². The number of carbonyl (C=O) groups excluding carboxylic acids is 3. The van der Waals surface area contributed by atoms with Crippen molar-refractivity contribution >= 4 is 41.1 Å². The summed E-state index contributed by atoms with van der Waals surface area (Å²) >= 11 is 12.1. The molecule has 0 spiro atoms. The van der Waals surface area contributed by atoms with Gasteiger partial charge in [-0.25, -0.2) is 4.79 Å². The highest BCUT2D eigenvalue weighted by molar-refractivity contribution is 6.31. The van der Waals surface area contributed by atoms with E-state index in [1.807, 2.05) is 0 Å². The third-order valence-electron chi connectivity index (χ3n) is 3.60. The number of amides is 3. The highest BCUT2D eigenvalue weighted by Crippen LogP contribution is 2.21. The maximum absolute atomic E-state index is 13.3. The first-order valence-corrected chi connectivity index (χ1v) is 9.88. The van der Waals surface area contributed by atoms with Gasteiger partial charge >= 0.3 is 6.09 Å². The molecule has 11 nitrogen and oxygen atoms in total. The van der Waals surface area contributed by atoms with E-state index in [9.17, 15) is 14.4 Å². The minimum atomic E-state index is -1.22. The van der Waals surface area contributed by atoms with Crippen molar-refractivity contribution in [2.75, 3.05) is 27.8 Å². The Hall–Kier alpha value is -2.73. The summed E-state index contributed by atoms with van der Waals surface area (Å²) in [5, 5.41) is 0.0219. The molecule has 2 aromatic heterocycles. The van der Waals surface area contributed by atoms with Crippen molar-refractivity contribution in [3.8, 4) is 0 Å². The Morgan fingerprint density at radius 2 is 1.25 bits per heavy atom. The molecule has 3 amide bonds. The number of hydrogen-bond donors (Lipinski definition) is 0. The first kappa shape index (κ1) is 25.5. The molecule has 0 bridgehead atoms. The van der Waals surface area contributed by atoms with Crippen molar-refractivity contribution in [3.05, 3.63) is 46.0 Å². The second kappa shape index (κ2) is 10.7. The lowest BCUT2D eigenvalue weighted by atomic mass is 10.2. The summed E-state index contributed by atoms with van der Waals surface area (Å²) in [7, 11) is 2.74. The zero-order valence-electron chi connectivity index (χ0n) is 18.1. The van der Waals surface area contributed by atoms with Gasteiger partial charge in [0, 0.05) is 14.2 Å². The molecule has 0 radical (unpaired) electrons. The fourth-order valence-electron chi connectivity index (χ4n) is 2.38. The maximum Gasteiger partial charge on any atom is 0.424 e. The molecule has 0 aliphatic heterocycles. The lowest BCUT2D eigenvalue weighted by Gasteiger charge is -2.25. The minimum absolute atomic E-state index is 0.0110. The average Bonchev–Trinajstić information content (AvgIpc) is 3.25. The predicted octanol–water partition coefficient (Wildman–Crippen LogP) is 2.88. The summed E-state index contributed by atoms with van der Waals surface area (Å²) in [4.78, 5) is 50.3. The molecule has 0 atom stereocenters. The molecule has 0 aliphatic carbocycles. The van der Waals surface area contributed by atoms with Crippen LogP contribution in [0.15, 0.2) is 24.3 Å². The Morgan fingerprint density at radius 3 is 1.59 bits per heavy atom. The molecular weight excluding hydrogens is 469 g/mol. The Labute approximate surface area is 194 Å². The average molecular weight is 492 g/mol. The number of aromatic nitrogens is 2. The largest absolute Gasteiger partial charge is 0.443 e. The number of rotatable bonds is 8. The smallest absolute Gasteiger partial charge is 0.424 e. The molecule has 0 saturated heterocycles. The van der Waals surface area contributed by atoms with Crippen molar-refractivity contribution in [2.24, 2.45) is 0 Å². The summed E-state index contributed by atoms with van der Waals surface area (Å²) in [6.45, 7) is 4.25. The Kier molecular flexibility index (Phi) is 8.56. The molecule has 0 fully saturated rings. The predicted molar refractivity (Wildman–Crippen MR) is 113 cm³/mol. The molecular formula is C19H23Cl2N3O8. The van der Waals surface area contributed by atoms with E-state index in [1.54, 1.807) is 20.8 Å². The molecule has 176 valence electrons. The summed E-state index contributed by atoms with van der Waals surface area (Å²) < 4.78 is 16.8. The van der Waals surface area contributed by atoms with Crippen LogP contribution < -0.4 is 9.68 Å². The highest BCUT2D eigenvalue weighted by Gasteiger charge is 2.38. The quantitative estimate of drug-likeness (QED) is 0.409. The van der Waals surface area contributed by atoms with Gasteiger partial charge in [0.05, 0.1) is 0 Å². The molecule has 0 aliphatic rings. The molecule has 13 heteroatoms. The van der Waals surface area contributed by atoms with E-state index in [0.717, 1.165) is 9.46 Å². The molecule has 0 aromatic carbocycles. The third-order valence-corrected chi connectivity index (χ3v) is 4.16. The molecule has 2 rings (SSSR count). The molecule has 0 N–H and O–H groups in total. The minimum Gasteiger partial charge on any atom is -0.443 e. The van der Waals surface area contributed by atoms with Crippen LogP contribution in [0.2, 0.25) is 10.3 Å². The summed E-state index contributed by atoms with van der Waals surface area (Å²) in [6.07, 6.45) is -1.22. The number of carbonyl (C=O) groups is 3. The van der Waals surface area contributed by atoms with Crippen LogP contribution in [0.1, 0.15) is 41.7 Å². The first-order valence-electron chi connectivity index (χ1n) is 9.12. The van der Waals surface area contributed by atoms with Gasteiger partial charge in [0.1, 0.15) is 27.3 Å². The first-order chi connectivity index (χ1) is 15.0. The topological polar surface area (TPSA) is 110 Å². The van der Waals surface area contributed by atoms with Gasteiger partial charge in [-0.15, -0.1) is 0 Å². The van der Waals surface area contributed by atoms with Crippen LogP contribution in [0.3, 0.4) is 0 Å². The second-order valence-electron chi connectivity index (χ2n) is 7.17. The van der Waals surface area contributed by atoms with Crippen LogP contribution in [0.4, 0.5) is 4.79 Å². The van der Waals surface area contributed by atoms with Crippen molar-refractivity contribution in [1.29, 1.82) is 0 Å². The number of halogens is 2. The SMILES string of the molecule is COCOn1c(Cl)ccc1C(=O)N(C(=O)OC(C)(C)C)C(=O)c1ccc(Cl)n1OCOC. The summed E-state index contributed by atoms with van der Waals surface area (Å²) in [6, 6.07) is 5.25. The second-order valence-corrected chi connectivity index (χ2v) is 7.94. The van der Waals surface area contributed by atoms with Crippen LogP contribution in [-0.2, 0) is 14.2 Å². The zero-order chi connectivity index (χ0) is 24.1. The van der Waals surface area contributed by atoms with Gasteiger partial charge in [0.2, 0.25) is 13.6 Å². The van der Waals surface area contributed by atoms with Crippen LogP contribution in [0.25, 0.3) is 0 Å². The van der Waals surface area contributed by atoms with Crippen LogP contribution >= 0.6 is 23.2 Å². The summed E-state index contributed by atoms with van der Waals surface area (Å²) in [5.41, 5.74) is -1.46. The Balaban J connectivity index is 2.52. The van der Waals surface area contributed by atoms with E-state index in [4.69, 9.17) is 47.1 Å². The van der Waals surface area contributed by atoms with E-state index < -0.39 is 23.5 Å². The van der Waals surface area contributed by atoms with Crippen LogP contribution in [0, 0.1) is 0 Å². The molecule has 2 aromatic rings. The number of methoxy groups -OCH3 is 2. The molecule has 0 saturated carbocycles. The zero-order valence-corrected chi connectivity index (χ0v) is 19.6. The third kappa shape index (κ3) is 5.94. The fourth-order valence-corrected chi connectivity index (χ4v) is 2.79. The van der Waals surface area contributed by atoms with E-state index >= 15 is 0 Å². The highest BCUT2D eigenvalue weighted by atomic mass is 35.5. The van der Waals surface area contributed by atoms with Gasteiger partial charge in [-0.05, 0) is 45.0 Å². The van der Waals surface area contributed by atoms with Gasteiger partial charge < -0.3 is 23.9 Å². The van der Waals surface area contributed by atoms with Crippen molar-refractivity contribution in [1.82, 2.24) is 14.4 Å². The van der Waals surface area contributed by atoms with E-state index in [0.29, 0.717) is 4.90 Å². The van der Waals surface area contributed by atoms with Crippen molar-refractivity contribution < 1.29 is 38.3 Å². The lowest BCUT2D eigenvalue weighted by Crippen LogP contribution is -2.46. The van der Waals surface area contributed by atoms with Crippen LogP contribution in [0.5, 0.6) is 0 Å². The molecule has 32 heavy (non-hydrogen) atoms. The van der Waals surface area contributed by atoms with Gasteiger partial charge in [0.25, 0.3) is 11.8 Å². The maximum atomic E-state index is 13.3. The fraction of sp³-hybridized carbons (Fsp3) is 0.421. The van der Waals surface area contributed by atoms with E-state index in [2.05, 4.69) is 0 Å². The number of hydrogen-bond acceptors (Lipinski definition) is 8. The van der Waals surface area contributed by atoms with Crippen LogP contribution in [-0.4, -0.2) is 65.7 Å². The Morgan fingerprint density at radius 1 is 0.844 bits per heavy atom. The Bertz CT molecular complexity index is 916.